The highest BCUT2D eigenvalue weighted by Crippen LogP contribution is 2.16. The molecule has 0 aliphatic carbocycles. The maximum atomic E-state index is 11.9. The molecule has 1 aliphatic heterocycles. The molecule has 0 N–H and O–H groups in total. The standard InChI is InChI=1S/C14H19NO/c1-12-6-5-10-15(12)11-9-14(16)13-7-3-2-4-8-13/h2-4,7-8,12H,5-6,9-11H2,1H3. The first-order valence-electron chi connectivity index (χ1n) is 6.09. The minimum absolute atomic E-state index is 0.264. The summed E-state index contributed by atoms with van der Waals surface area (Å²) in [5.74, 6) is 0.264. The van der Waals surface area contributed by atoms with Gasteiger partial charge in [-0.3, -0.25) is 4.79 Å². The lowest BCUT2D eigenvalue weighted by Gasteiger charge is -2.20. The van der Waals surface area contributed by atoms with Gasteiger partial charge in [-0.05, 0) is 26.3 Å². The maximum absolute atomic E-state index is 11.9. The minimum atomic E-state index is 0.264. The molecule has 1 fully saturated rings. The number of Topliss-reactive ketones (excluding diaryl/α,β-unsaturated/α-hetero) is 1. The van der Waals surface area contributed by atoms with Crippen molar-refractivity contribution < 1.29 is 4.79 Å². The van der Waals surface area contributed by atoms with Gasteiger partial charge in [0.1, 0.15) is 0 Å². The van der Waals surface area contributed by atoms with Crippen molar-refractivity contribution in [2.45, 2.75) is 32.2 Å². The fraction of sp³-hybridized carbons (Fsp3) is 0.500. The number of likely N-dealkylation sites (tertiary alicyclic amines) is 1. The molecule has 1 aromatic rings. The van der Waals surface area contributed by atoms with Gasteiger partial charge in [0.05, 0.1) is 0 Å². The summed E-state index contributed by atoms with van der Waals surface area (Å²) in [5.41, 5.74) is 0.842. The van der Waals surface area contributed by atoms with Crippen LogP contribution in [0.1, 0.15) is 36.5 Å². The van der Waals surface area contributed by atoms with Crippen LogP contribution in [0.2, 0.25) is 0 Å². The van der Waals surface area contributed by atoms with Gasteiger partial charge in [0.25, 0.3) is 0 Å². The van der Waals surface area contributed by atoms with Crippen molar-refractivity contribution in [3.63, 3.8) is 0 Å². The average Bonchev–Trinajstić information content (AvgIpc) is 2.73. The molecule has 0 radical (unpaired) electrons. The number of ketones is 1. The molecular weight excluding hydrogens is 198 g/mol. The Bertz CT molecular complexity index is 347. The Balaban J connectivity index is 1.84. The third-order valence-corrected chi connectivity index (χ3v) is 3.41. The summed E-state index contributed by atoms with van der Waals surface area (Å²) in [6, 6.07) is 10.2. The maximum Gasteiger partial charge on any atom is 0.164 e. The lowest BCUT2D eigenvalue weighted by atomic mass is 10.1. The van der Waals surface area contributed by atoms with E-state index in [1.165, 1.54) is 12.8 Å². The molecule has 0 aromatic heterocycles. The second kappa shape index (κ2) is 5.26. The monoisotopic (exact) mass is 217 g/mol. The highest BCUT2D eigenvalue weighted by Gasteiger charge is 2.20. The van der Waals surface area contributed by atoms with Crippen LogP contribution in [-0.4, -0.2) is 29.8 Å². The van der Waals surface area contributed by atoms with Crippen molar-refractivity contribution in [1.82, 2.24) is 4.90 Å². The Morgan fingerprint density at radius 2 is 2.12 bits per heavy atom. The molecule has 0 spiro atoms. The van der Waals surface area contributed by atoms with Crippen molar-refractivity contribution in [3.05, 3.63) is 35.9 Å². The lowest BCUT2D eigenvalue weighted by molar-refractivity contribution is 0.0963. The van der Waals surface area contributed by atoms with Gasteiger partial charge in [0.2, 0.25) is 0 Å². The van der Waals surface area contributed by atoms with E-state index in [1.807, 2.05) is 30.3 Å². The summed E-state index contributed by atoms with van der Waals surface area (Å²) < 4.78 is 0. The largest absolute Gasteiger partial charge is 0.300 e. The molecule has 0 saturated carbocycles. The summed E-state index contributed by atoms with van der Waals surface area (Å²) in [6.07, 6.45) is 3.20. The molecule has 2 rings (SSSR count). The highest BCUT2D eigenvalue weighted by molar-refractivity contribution is 5.96. The van der Waals surface area contributed by atoms with Crippen LogP contribution in [0.25, 0.3) is 0 Å². The molecule has 1 heterocycles. The van der Waals surface area contributed by atoms with Crippen LogP contribution < -0.4 is 0 Å². The molecule has 0 bridgehead atoms. The van der Waals surface area contributed by atoms with E-state index in [2.05, 4.69) is 11.8 Å². The number of benzene rings is 1. The smallest absolute Gasteiger partial charge is 0.164 e. The van der Waals surface area contributed by atoms with Gasteiger partial charge >= 0.3 is 0 Å². The van der Waals surface area contributed by atoms with Crippen molar-refractivity contribution in [2.24, 2.45) is 0 Å². The Hall–Kier alpha value is -1.15. The quantitative estimate of drug-likeness (QED) is 0.723. The van der Waals surface area contributed by atoms with Crippen molar-refractivity contribution in [3.8, 4) is 0 Å². The van der Waals surface area contributed by atoms with Crippen LogP contribution in [0.3, 0.4) is 0 Å². The van der Waals surface area contributed by atoms with Gasteiger partial charge in [-0.1, -0.05) is 30.3 Å². The first-order valence-corrected chi connectivity index (χ1v) is 6.09. The fourth-order valence-corrected chi connectivity index (χ4v) is 2.34. The predicted molar refractivity (Wildman–Crippen MR) is 65.7 cm³/mol. The average molecular weight is 217 g/mol. The van der Waals surface area contributed by atoms with E-state index in [0.29, 0.717) is 12.5 Å². The molecular formula is C14H19NO. The molecule has 16 heavy (non-hydrogen) atoms. The predicted octanol–water partition coefficient (Wildman–Crippen LogP) is 2.74. The van der Waals surface area contributed by atoms with E-state index in [1.54, 1.807) is 0 Å². The first-order chi connectivity index (χ1) is 7.77. The van der Waals surface area contributed by atoms with Crippen LogP contribution in [0.15, 0.2) is 30.3 Å². The summed E-state index contributed by atoms with van der Waals surface area (Å²) in [4.78, 5) is 14.3. The summed E-state index contributed by atoms with van der Waals surface area (Å²) in [7, 11) is 0. The Kier molecular flexibility index (Phi) is 3.73. The van der Waals surface area contributed by atoms with Gasteiger partial charge < -0.3 is 4.90 Å². The molecule has 1 unspecified atom stereocenters. The van der Waals surface area contributed by atoms with Crippen LogP contribution in [0, 0.1) is 0 Å². The third-order valence-electron chi connectivity index (χ3n) is 3.41. The Morgan fingerprint density at radius 3 is 2.75 bits per heavy atom. The number of rotatable bonds is 4. The van der Waals surface area contributed by atoms with Gasteiger partial charge in [-0.25, -0.2) is 0 Å². The van der Waals surface area contributed by atoms with Crippen molar-refractivity contribution in [1.29, 1.82) is 0 Å². The van der Waals surface area contributed by atoms with Gasteiger partial charge in [0, 0.05) is 24.6 Å². The van der Waals surface area contributed by atoms with Gasteiger partial charge in [-0.2, -0.15) is 0 Å². The zero-order valence-electron chi connectivity index (χ0n) is 9.86. The van der Waals surface area contributed by atoms with E-state index in [9.17, 15) is 4.79 Å². The fourth-order valence-electron chi connectivity index (χ4n) is 2.34. The second-order valence-electron chi connectivity index (χ2n) is 4.57. The number of hydrogen-bond acceptors (Lipinski definition) is 2. The van der Waals surface area contributed by atoms with E-state index >= 15 is 0 Å². The minimum Gasteiger partial charge on any atom is -0.300 e. The first kappa shape index (κ1) is 11.3. The molecule has 1 aliphatic rings. The number of carbonyl (C=O) groups is 1. The van der Waals surface area contributed by atoms with E-state index in [0.717, 1.165) is 18.7 Å². The normalized spacial score (nSPS) is 21.2. The topological polar surface area (TPSA) is 20.3 Å². The molecule has 1 saturated heterocycles. The van der Waals surface area contributed by atoms with E-state index in [-0.39, 0.29) is 5.78 Å². The van der Waals surface area contributed by atoms with Crippen LogP contribution in [0.5, 0.6) is 0 Å². The second-order valence-corrected chi connectivity index (χ2v) is 4.57. The molecule has 0 amide bonds. The number of hydrogen-bond donors (Lipinski definition) is 0. The summed E-state index contributed by atoms with van der Waals surface area (Å²) >= 11 is 0. The van der Waals surface area contributed by atoms with Crippen LogP contribution in [-0.2, 0) is 0 Å². The third kappa shape index (κ3) is 2.70. The molecule has 2 nitrogen and oxygen atoms in total. The molecule has 1 atom stereocenters. The molecule has 1 aromatic carbocycles. The Labute approximate surface area is 97.3 Å². The van der Waals surface area contributed by atoms with E-state index < -0.39 is 0 Å². The van der Waals surface area contributed by atoms with Crippen molar-refractivity contribution in [2.75, 3.05) is 13.1 Å². The van der Waals surface area contributed by atoms with Crippen LogP contribution >= 0.6 is 0 Å². The van der Waals surface area contributed by atoms with E-state index in [4.69, 9.17) is 0 Å². The summed E-state index contributed by atoms with van der Waals surface area (Å²) in [5, 5.41) is 0. The van der Waals surface area contributed by atoms with Crippen LogP contribution in [0.4, 0.5) is 0 Å². The summed E-state index contributed by atoms with van der Waals surface area (Å²) in [6.45, 7) is 4.32. The molecule has 2 heteroatoms. The SMILES string of the molecule is CC1CCCN1CCC(=O)c1ccccc1. The molecule has 86 valence electrons. The lowest BCUT2D eigenvalue weighted by Crippen LogP contribution is -2.29. The van der Waals surface area contributed by atoms with Gasteiger partial charge in [0.15, 0.2) is 5.78 Å². The number of carbonyl (C=O) groups excluding carboxylic acids is 1. The van der Waals surface area contributed by atoms with Crippen molar-refractivity contribution >= 4 is 5.78 Å². The Morgan fingerprint density at radius 1 is 1.38 bits per heavy atom. The number of nitrogens with zero attached hydrogens (tertiary/aromatic N) is 1. The van der Waals surface area contributed by atoms with Gasteiger partial charge in [-0.15, -0.1) is 0 Å². The zero-order chi connectivity index (χ0) is 11.4. The zero-order valence-corrected chi connectivity index (χ0v) is 9.86. The highest BCUT2D eigenvalue weighted by atomic mass is 16.1.